The van der Waals surface area contributed by atoms with E-state index in [0.29, 0.717) is 27.8 Å². The zero-order valence-electron chi connectivity index (χ0n) is 73.5. The molecule has 0 radical (unpaired) electrons. The highest BCUT2D eigenvalue weighted by Crippen LogP contribution is 2.49. The number of terminal acetylenes is 1. The molecular formula is C89H51ClF43N7O9. The fourth-order valence-electron chi connectivity index (χ4n) is 14.0. The summed E-state index contributed by atoms with van der Waals surface area (Å²) in [6.45, 7) is 11.8. The Hall–Kier alpha value is -14.8. The molecule has 0 fully saturated rings. The van der Waals surface area contributed by atoms with Gasteiger partial charge in [0.1, 0.15) is 70.4 Å². The van der Waals surface area contributed by atoms with Crippen LogP contribution in [-0.2, 0) is 43.2 Å². The van der Waals surface area contributed by atoms with Crippen molar-refractivity contribution < 1.29 is 232 Å². The maximum atomic E-state index is 13.6. The lowest BCUT2D eigenvalue weighted by Crippen LogP contribution is -2.25. The molecule has 7 heterocycles. The van der Waals surface area contributed by atoms with Gasteiger partial charge in [-0.15, -0.1) is 6.42 Å². The molecule has 0 atom stereocenters. The number of H-pyrrole nitrogens is 7. The minimum absolute atomic E-state index is 0.00457. The van der Waals surface area contributed by atoms with Crippen molar-refractivity contribution in [3.05, 3.63) is 245 Å². The van der Waals surface area contributed by atoms with Crippen molar-refractivity contribution in [1.29, 1.82) is 0 Å². The Balaban J connectivity index is 0.000000212. The van der Waals surface area contributed by atoms with Crippen LogP contribution in [0.3, 0.4) is 0 Å². The van der Waals surface area contributed by atoms with Gasteiger partial charge in [-0.3, -0.25) is 33.6 Å². The number of aromatic nitrogens is 7. The van der Waals surface area contributed by atoms with Crippen molar-refractivity contribution >= 4 is 128 Å². The molecule has 0 unspecified atom stereocenters. The van der Waals surface area contributed by atoms with E-state index in [1.165, 1.54) is 101 Å². The Bertz CT molecular complexity index is 7150. The maximum absolute atomic E-state index is 13.6. The summed E-state index contributed by atoms with van der Waals surface area (Å²) in [4.78, 5) is 91.9. The molecule has 0 amide bonds. The fraction of sp³-hybridized carbons (Fsp3) is 0.247. The molecule has 0 aliphatic heterocycles. The van der Waals surface area contributed by atoms with Crippen LogP contribution >= 0.6 is 11.6 Å². The van der Waals surface area contributed by atoms with Gasteiger partial charge < -0.3 is 44.4 Å². The second-order valence-electron chi connectivity index (χ2n) is 30.8. The second kappa shape index (κ2) is 42.1. The average molecular weight is 2210 g/mol. The third kappa shape index (κ3) is 27.4. The first-order valence-corrected chi connectivity index (χ1v) is 39.7. The van der Waals surface area contributed by atoms with Crippen molar-refractivity contribution in [3.8, 4) is 23.8 Å². The van der Waals surface area contributed by atoms with Crippen LogP contribution in [0.15, 0.2) is 122 Å². The smallest absolute Gasteiger partial charge is 0.454 e. The fourth-order valence-corrected chi connectivity index (χ4v) is 14.3. The number of alkyl halides is 42. The summed E-state index contributed by atoms with van der Waals surface area (Å²) in [6, 6.07) is 20.7. The normalized spacial score (nSPS) is 12.8. The minimum atomic E-state index is -5.50. The van der Waals surface area contributed by atoms with E-state index in [2.05, 4.69) is 12.5 Å². The number of aryl methyl sites for hydroxylation is 6. The lowest BCUT2D eigenvalue weighted by atomic mass is 10.0. The van der Waals surface area contributed by atoms with E-state index in [9.17, 15) is 222 Å². The standard InChI is InChI=1S/C14H9F6NO2.C14H7F6NO2.C13H9F6NO.C12H6ClF6NO.C12H6F7NO.2C12H7F6NO/c2*1-2-5-23-7-3-4-9-8(6-7)10(12(22)14(18,19)20)11(21-9)13(15,16)17;1-5-3-6(2)9-7(4-5)8(11(21)13(17,18)19)10(20-9)12(14,15)16;2*1-4-2-5-7(10(21)12(17,18)19)9(11(14,15)16)20-8(5)6(13)3-4;2*1-5-2-3-7-6(4-5)8(10(20)12(16,17)18)9(19-7)11(13,14)15/h2-4,6,21H,1,5H2;1,3-4,6,21H,5H2;3-4,20H,1-2H3;2*2-3,20H,1H3;2*2-4,19H,1H3. The number of Topliss-reactive ketones (excluding diaryl/α,β-unsaturated/α-hetero) is 7. The van der Waals surface area contributed by atoms with Crippen molar-refractivity contribution in [1.82, 2.24) is 34.9 Å². The van der Waals surface area contributed by atoms with Gasteiger partial charge >= 0.3 is 86.5 Å². The van der Waals surface area contributed by atoms with E-state index < -0.39 is 239 Å². The summed E-state index contributed by atoms with van der Waals surface area (Å²) in [5.41, 5.74) is -22.4. The zero-order chi connectivity index (χ0) is 114. The summed E-state index contributed by atoms with van der Waals surface area (Å²) in [5.74, 6) is -17.1. The maximum Gasteiger partial charge on any atom is 0.454 e. The van der Waals surface area contributed by atoms with Gasteiger partial charge in [0, 0.05) is 65.3 Å². The molecule has 14 aromatic rings. The predicted octanol–water partition coefficient (Wildman–Crippen LogP) is 30.7. The summed E-state index contributed by atoms with van der Waals surface area (Å²) in [6.07, 6.45) is -67.6. The molecule has 0 saturated heterocycles. The highest BCUT2D eigenvalue weighted by Gasteiger charge is 2.55. The second-order valence-corrected chi connectivity index (χ2v) is 31.3. The predicted molar refractivity (Wildman–Crippen MR) is 439 cm³/mol. The molecule has 149 heavy (non-hydrogen) atoms. The van der Waals surface area contributed by atoms with E-state index in [1.54, 1.807) is 9.97 Å². The van der Waals surface area contributed by atoms with Gasteiger partial charge in [0.05, 0.1) is 55.0 Å². The summed E-state index contributed by atoms with van der Waals surface area (Å²) < 4.78 is 557. The van der Waals surface area contributed by atoms with E-state index in [4.69, 9.17) is 27.5 Å². The minimum Gasteiger partial charge on any atom is -0.490 e. The number of aromatic amines is 7. The Morgan fingerprint density at radius 3 is 0.785 bits per heavy atom. The number of rotatable bonds is 12. The van der Waals surface area contributed by atoms with Crippen LogP contribution in [0.25, 0.3) is 76.3 Å². The molecule has 0 saturated carbocycles. The summed E-state index contributed by atoms with van der Waals surface area (Å²) in [7, 11) is 0. The first-order valence-electron chi connectivity index (χ1n) is 39.4. The molecule has 0 bridgehead atoms. The number of hydrogen-bond acceptors (Lipinski definition) is 9. The Morgan fingerprint density at radius 2 is 0.510 bits per heavy atom. The molecule has 7 aromatic heterocycles. The number of carbonyl (C=O) groups is 7. The highest BCUT2D eigenvalue weighted by atomic mass is 35.5. The van der Waals surface area contributed by atoms with E-state index >= 15 is 0 Å². The highest BCUT2D eigenvalue weighted by molar-refractivity contribution is 6.36. The molecule has 804 valence electrons. The molecule has 0 aliphatic carbocycles. The molecule has 14 rings (SSSR count). The monoisotopic (exact) mass is 2210 g/mol. The zero-order valence-corrected chi connectivity index (χ0v) is 74.2. The van der Waals surface area contributed by atoms with Gasteiger partial charge in [-0.1, -0.05) is 65.1 Å². The number of carbonyl (C=O) groups excluding carboxylic acids is 7. The number of fused-ring (bicyclic) bond motifs is 7. The van der Waals surface area contributed by atoms with E-state index in [1.807, 2.05) is 19.9 Å². The summed E-state index contributed by atoms with van der Waals surface area (Å²) in [5, 5.41) is -3.66. The molecule has 60 heteroatoms. The van der Waals surface area contributed by atoms with Crippen LogP contribution in [-0.4, -0.2) is 132 Å². The molecule has 7 N–H and O–H groups in total. The van der Waals surface area contributed by atoms with Crippen molar-refractivity contribution in [2.24, 2.45) is 0 Å². The van der Waals surface area contributed by atoms with Crippen LogP contribution in [0.2, 0.25) is 5.02 Å². The molecule has 7 aromatic carbocycles. The van der Waals surface area contributed by atoms with Gasteiger partial charge in [-0.05, 0) is 149 Å². The largest absolute Gasteiger partial charge is 0.490 e. The number of ether oxygens (including phenoxy) is 2. The third-order valence-corrected chi connectivity index (χ3v) is 20.1. The Labute approximate surface area is 802 Å². The summed E-state index contributed by atoms with van der Waals surface area (Å²) >= 11 is 5.73. The Kier molecular flexibility index (Phi) is 33.7. The molecule has 0 aliphatic rings. The van der Waals surface area contributed by atoms with Gasteiger partial charge in [-0.2, -0.15) is 184 Å². The average Bonchev–Trinajstić information content (AvgIpc) is 1.60. The number of benzene rings is 7. The van der Waals surface area contributed by atoms with Gasteiger partial charge in [0.15, 0.2) is 0 Å². The van der Waals surface area contributed by atoms with Crippen molar-refractivity contribution in [3.63, 3.8) is 0 Å². The van der Waals surface area contributed by atoms with Crippen LogP contribution in [0, 0.1) is 59.7 Å². The van der Waals surface area contributed by atoms with Gasteiger partial charge in [-0.25, -0.2) is 4.39 Å². The van der Waals surface area contributed by atoms with E-state index in [-0.39, 0.29) is 84.6 Å². The first-order chi connectivity index (χ1) is 67.4. The lowest BCUT2D eigenvalue weighted by molar-refractivity contribution is -0.142. The molecule has 16 nitrogen and oxygen atoms in total. The quantitative estimate of drug-likeness (QED) is 0.0266. The van der Waals surface area contributed by atoms with Crippen LogP contribution in [0.1, 0.15) is 146 Å². The van der Waals surface area contributed by atoms with Gasteiger partial charge in [0.25, 0.3) is 40.5 Å². The molecule has 0 spiro atoms. The third-order valence-electron chi connectivity index (χ3n) is 19.8. The topological polar surface area (TPSA) is 248 Å². The van der Waals surface area contributed by atoms with E-state index in [0.717, 1.165) is 60.7 Å². The van der Waals surface area contributed by atoms with Crippen molar-refractivity contribution in [2.75, 3.05) is 13.2 Å². The number of halogens is 44. The van der Waals surface area contributed by atoms with Crippen molar-refractivity contribution in [2.45, 2.75) is 128 Å². The molecular weight excluding hydrogens is 2160 g/mol. The first kappa shape index (κ1) is 119. The van der Waals surface area contributed by atoms with Crippen LogP contribution < -0.4 is 9.47 Å². The number of nitrogens with one attached hydrogen (secondary N) is 7. The Morgan fingerprint density at radius 1 is 0.289 bits per heavy atom. The lowest BCUT2D eigenvalue weighted by Gasteiger charge is -2.09. The van der Waals surface area contributed by atoms with Crippen LogP contribution in [0.4, 0.5) is 189 Å². The number of ketones is 7. The number of hydrogen-bond donors (Lipinski definition) is 7. The van der Waals surface area contributed by atoms with Gasteiger partial charge in [0.2, 0.25) is 0 Å². The van der Waals surface area contributed by atoms with Crippen LogP contribution in [0.5, 0.6) is 11.5 Å². The SMILES string of the molecule is C#CCOc1ccc2[nH]c(C(F)(F)F)c(C(=O)C(F)(F)F)c2c1.C=CCOc1ccc2[nH]c(C(F)(F)F)c(C(=O)C(F)(F)F)c2c1.Cc1cc(C)c2[nH]c(C(F)(F)F)c(C(=O)C(F)(F)F)c2c1.Cc1cc(Cl)c2[nH]c(C(F)(F)F)c(C(=O)C(F)(F)F)c2c1.Cc1cc(F)c2[nH]c(C(F)(F)F)c(C(=O)C(F)(F)F)c2c1.Cc1ccc2[nH]c(C(F)(F)F)c(C(=O)C(F)(F)F)c2c1.Cc1ccc2[nH]c(C(F)(F)F)c(C(=O)C(F)(F)F)c2c1.